The molecule has 0 amide bonds. The Labute approximate surface area is 112 Å². The van der Waals surface area contributed by atoms with E-state index in [1.807, 2.05) is 6.07 Å². The summed E-state index contributed by atoms with van der Waals surface area (Å²) >= 11 is 5.29. The van der Waals surface area contributed by atoms with E-state index >= 15 is 0 Å². The maximum Gasteiger partial charge on any atom is 0.171 e. The van der Waals surface area contributed by atoms with Gasteiger partial charge in [-0.2, -0.15) is 0 Å². The fourth-order valence-corrected chi connectivity index (χ4v) is 3.59. The number of fused-ring (bicyclic) bond motifs is 2. The Morgan fingerprint density at radius 1 is 1.28 bits per heavy atom. The summed E-state index contributed by atoms with van der Waals surface area (Å²) in [6.07, 6.45) is 5.29. The van der Waals surface area contributed by atoms with Crippen molar-refractivity contribution in [2.45, 2.75) is 31.7 Å². The third kappa shape index (κ3) is 2.48. The number of benzene rings is 1. The standard InChI is InChI=1S/C14H17FN2S/c15-11-2-1-3-12(8-11)16-14(18)17-13-7-9-4-5-10(13)6-9/h1-3,8-10,13H,4-7H2,(H2,16,17,18)/t9-,10+,13+/m0/s1. The molecule has 1 aromatic rings. The molecule has 0 spiro atoms. The van der Waals surface area contributed by atoms with E-state index in [2.05, 4.69) is 10.6 Å². The molecule has 1 aromatic carbocycles. The van der Waals surface area contributed by atoms with Crippen molar-refractivity contribution < 1.29 is 4.39 Å². The maximum absolute atomic E-state index is 13.0. The molecule has 0 heterocycles. The molecule has 0 aromatic heterocycles. The first-order valence-corrected chi connectivity index (χ1v) is 6.94. The number of hydrogen-bond donors (Lipinski definition) is 2. The first kappa shape index (κ1) is 11.9. The van der Waals surface area contributed by atoms with Crippen molar-refractivity contribution in [3.8, 4) is 0 Å². The zero-order valence-corrected chi connectivity index (χ0v) is 11.0. The molecule has 0 aliphatic heterocycles. The maximum atomic E-state index is 13.0. The van der Waals surface area contributed by atoms with Gasteiger partial charge in [-0.1, -0.05) is 12.5 Å². The van der Waals surface area contributed by atoms with Gasteiger partial charge in [0.05, 0.1) is 0 Å². The Morgan fingerprint density at radius 3 is 2.83 bits per heavy atom. The van der Waals surface area contributed by atoms with Gasteiger partial charge < -0.3 is 10.6 Å². The highest BCUT2D eigenvalue weighted by Crippen LogP contribution is 2.44. The third-order valence-electron chi connectivity index (χ3n) is 4.14. The van der Waals surface area contributed by atoms with Crippen LogP contribution in [0.25, 0.3) is 0 Å². The molecule has 2 nitrogen and oxygen atoms in total. The van der Waals surface area contributed by atoms with E-state index in [0.717, 1.165) is 11.8 Å². The van der Waals surface area contributed by atoms with Gasteiger partial charge >= 0.3 is 0 Å². The van der Waals surface area contributed by atoms with Crippen LogP contribution in [0.5, 0.6) is 0 Å². The van der Waals surface area contributed by atoms with Crippen LogP contribution in [0.1, 0.15) is 25.7 Å². The van der Waals surface area contributed by atoms with Crippen molar-refractivity contribution >= 4 is 23.0 Å². The van der Waals surface area contributed by atoms with Crippen LogP contribution in [-0.2, 0) is 0 Å². The molecule has 96 valence electrons. The number of nitrogens with one attached hydrogen (secondary N) is 2. The first-order chi connectivity index (χ1) is 8.70. The quantitative estimate of drug-likeness (QED) is 0.801. The van der Waals surface area contributed by atoms with E-state index in [9.17, 15) is 4.39 Å². The minimum Gasteiger partial charge on any atom is -0.359 e. The highest BCUT2D eigenvalue weighted by atomic mass is 32.1. The summed E-state index contributed by atoms with van der Waals surface area (Å²) in [7, 11) is 0. The summed E-state index contributed by atoms with van der Waals surface area (Å²) in [6.45, 7) is 0. The number of halogens is 1. The molecule has 2 aliphatic carbocycles. The van der Waals surface area contributed by atoms with Gasteiger partial charge in [0, 0.05) is 11.7 Å². The summed E-state index contributed by atoms with van der Waals surface area (Å²) in [4.78, 5) is 0. The summed E-state index contributed by atoms with van der Waals surface area (Å²) < 4.78 is 13.0. The molecule has 18 heavy (non-hydrogen) atoms. The molecule has 2 saturated carbocycles. The molecule has 2 bridgehead atoms. The van der Waals surface area contributed by atoms with E-state index in [1.165, 1.54) is 37.8 Å². The Hall–Kier alpha value is -1.16. The van der Waals surface area contributed by atoms with Gasteiger partial charge in [-0.25, -0.2) is 4.39 Å². The Kier molecular flexibility index (Phi) is 3.20. The van der Waals surface area contributed by atoms with Gasteiger partial charge in [0.25, 0.3) is 0 Å². The zero-order valence-electron chi connectivity index (χ0n) is 10.2. The van der Waals surface area contributed by atoms with E-state index in [0.29, 0.717) is 16.8 Å². The van der Waals surface area contributed by atoms with Crippen LogP contribution in [-0.4, -0.2) is 11.2 Å². The minimum absolute atomic E-state index is 0.247. The van der Waals surface area contributed by atoms with Crippen LogP contribution in [0, 0.1) is 17.7 Å². The van der Waals surface area contributed by atoms with Crippen molar-refractivity contribution in [3.63, 3.8) is 0 Å². The monoisotopic (exact) mass is 264 g/mol. The normalized spacial score (nSPS) is 29.3. The molecular formula is C14H17FN2S. The number of thiocarbonyl (C=S) groups is 1. The lowest BCUT2D eigenvalue weighted by Gasteiger charge is -2.24. The van der Waals surface area contributed by atoms with Gasteiger partial charge in [-0.05, 0) is 61.5 Å². The second-order valence-electron chi connectivity index (χ2n) is 5.39. The molecule has 0 saturated heterocycles. The minimum atomic E-state index is -0.247. The first-order valence-electron chi connectivity index (χ1n) is 6.54. The fraction of sp³-hybridized carbons (Fsp3) is 0.500. The van der Waals surface area contributed by atoms with Gasteiger partial charge in [0.2, 0.25) is 0 Å². The highest BCUT2D eigenvalue weighted by molar-refractivity contribution is 7.80. The molecular weight excluding hydrogens is 247 g/mol. The molecule has 2 N–H and O–H groups in total. The van der Waals surface area contributed by atoms with Gasteiger partial charge in [0.1, 0.15) is 5.82 Å². The molecule has 2 aliphatic rings. The summed E-state index contributed by atoms with van der Waals surface area (Å²) in [6, 6.07) is 6.89. The average Bonchev–Trinajstić information content (AvgIpc) is 2.90. The molecule has 0 radical (unpaired) electrons. The van der Waals surface area contributed by atoms with Crippen LogP contribution in [0.3, 0.4) is 0 Å². The largest absolute Gasteiger partial charge is 0.359 e. The van der Waals surface area contributed by atoms with E-state index in [4.69, 9.17) is 12.2 Å². The smallest absolute Gasteiger partial charge is 0.171 e. The molecule has 3 atom stereocenters. The van der Waals surface area contributed by atoms with Crippen LogP contribution in [0.4, 0.5) is 10.1 Å². The highest BCUT2D eigenvalue weighted by Gasteiger charge is 2.39. The predicted octanol–water partition coefficient (Wildman–Crippen LogP) is 3.30. The topological polar surface area (TPSA) is 24.1 Å². The Morgan fingerprint density at radius 2 is 2.17 bits per heavy atom. The number of anilines is 1. The lowest BCUT2D eigenvalue weighted by atomic mass is 9.96. The van der Waals surface area contributed by atoms with Crippen LogP contribution < -0.4 is 10.6 Å². The molecule has 2 fully saturated rings. The van der Waals surface area contributed by atoms with Crippen molar-refractivity contribution in [1.29, 1.82) is 0 Å². The third-order valence-corrected chi connectivity index (χ3v) is 4.36. The molecule has 0 unspecified atom stereocenters. The van der Waals surface area contributed by atoms with Crippen molar-refractivity contribution in [2.24, 2.45) is 11.8 Å². The van der Waals surface area contributed by atoms with Crippen molar-refractivity contribution in [1.82, 2.24) is 5.32 Å². The van der Waals surface area contributed by atoms with Crippen LogP contribution in [0.2, 0.25) is 0 Å². The summed E-state index contributed by atoms with van der Waals surface area (Å²) in [5.74, 6) is 1.43. The number of rotatable bonds is 2. The second-order valence-corrected chi connectivity index (χ2v) is 5.80. The van der Waals surface area contributed by atoms with Crippen molar-refractivity contribution in [2.75, 3.05) is 5.32 Å². The summed E-state index contributed by atoms with van der Waals surface area (Å²) in [5, 5.41) is 7.03. The van der Waals surface area contributed by atoms with Gasteiger partial charge in [-0.3, -0.25) is 0 Å². The van der Waals surface area contributed by atoms with Gasteiger partial charge in [-0.15, -0.1) is 0 Å². The zero-order chi connectivity index (χ0) is 12.5. The lowest BCUT2D eigenvalue weighted by Crippen LogP contribution is -2.40. The lowest BCUT2D eigenvalue weighted by molar-refractivity contribution is 0.392. The Balaban J connectivity index is 1.56. The molecule has 3 rings (SSSR count). The summed E-state index contributed by atoms with van der Waals surface area (Å²) in [5.41, 5.74) is 0.704. The van der Waals surface area contributed by atoms with E-state index in [1.54, 1.807) is 6.07 Å². The van der Waals surface area contributed by atoms with Crippen molar-refractivity contribution in [3.05, 3.63) is 30.1 Å². The van der Waals surface area contributed by atoms with Crippen LogP contribution in [0.15, 0.2) is 24.3 Å². The van der Waals surface area contributed by atoms with Crippen LogP contribution >= 0.6 is 12.2 Å². The second kappa shape index (κ2) is 4.84. The van der Waals surface area contributed by atoms with E-state index < -0.39 is 0 Å². The van der Waals surface area contributed by atoms with E-state index in [-0.39, 0.29) is 5.82 Å². The molecule has 4 heteroatoms. The Bertz CT molecular complexity index is 463. The predicted molar refractivity (Wildman–Crippen MR) is 75.0 cm³/mol. The average molecular weight is 264 g/mol. The fourth-order valence-electron chi connectivity index (χ4n) is 3.32. The van der Waals surface area contributed by atoms with Gasteiger partial charge in [0.15, 0.2) is 5.11 Å². The SMILES string of the molecule is Fc1cccc(NC(=S)N[C@@H]2C[C@H]3CC[C@@H]2C3)c1. The number of hydrogen-bond acceptors (Lipinski definition) is 1.